The summed E-state index contributed by atoms with van der Waals surface area (Å²) in [5.41, 5.74) is -0.924. The van der Waals surface area contributed by atoms with Gasteiger partial charge in [-0.2, -0.15) is 0 Å². The molecule has 0 aliphatic carbocycles. The Morgan fingerprint density at radius 2 is 1.96 bits per heavy atom. The van der Waals surface area contributed by atoms with Crippen LogP contribution in [0, 0.1) is 11.6 Å². The van der Waals surface area contributed by atoms with E-state index in [4.69, 9.17) is 16.3 Å². The van der Waals surface area contributed by atoms with E-state index < -0.39 is 29.4 Å². The highest BCUT2D eigenvalue weighted by atomic mass is 35.5. The average molecular weight is 371 g/mol. The molecule has 0 fully saturated rings. The lowest BCUT2D eigenvalue weighted by Crippen LogP contribution is -2.27. The molecule has 1 amide bonds. The Morgan fingerprint density at radius 3 is 2.60 bits per heavy atom. The van der Waals surface area contributed by atoms with Crippen molar-refractivity contribution in [3.05, 3.63) is 58.2 Å². The number of pyridine rings is 1. The Hall–Kier alpha value is -2.25. The van der Waals surface area contributed by atoms with Crippen LogP contribution in [0.4, 0.5) is 19.4 Å². The van der Waals surface area contributed by atoms with Crippen molar-refractivity contribution in [1.82, 2.24) is 4.98 Å². The summed E-state index contributed by atoms with van der Waals surface area (Å²) in [5, 5.41) is 12.8. The number of anilines is 1. The zero-order valence-electron chi connectivity index (χ0n) is 13.8. The van der Waals surface area contributed by atoms with Crippen molar-refractivity contribution < 1.29 is 23.4 Å². The summed E-state index contributed by atoms with van der Waals surface area (Å²) in [6.07, 6.45) is -1.10. The van der Waals surface area contributed by atoms with Crippen molar-refractivity contribution in [2.75, 3.05) is 5.32 Å². The number of nitrogens with one attached hydrogen (secondary N) is 1. The number of aliphatic hydroxyl groups is 1. The molecule has 0 aliphatic heterocycles. The first-order valence-corrected chi connectivity index (χ1v) is 7.73. The third kappa shape index (κ3) is 5.11. The quantitative estimate of drug-likeness (QED) is 0.837. The molecule has 1 unspecified atom stereocenters. The van der Waals surface area contributed by atoms with Crippen LogP contribution in [0.15, 0.2) is 30.5 Å². The van der Waals surface area contributed by atoms with Crippen molar-refractivity contribution in [2.45, 2.75) is 32.5 Å². The second-order valence-corrected chi connectivity index (χ2v) is 6.69. The van der Waals surface area contributed by atoms with Gasteiger partial charge in [0.25, 0.3) is 0 Å². The molecule has 0 saturated heterocycles. The molecule has 0 spiro atoms. The fourth-order valence-electron chi connectivity index (χ4n) is 2.03. The second-order valence-electron chi connectivity index (χ2n) is 6.29. The lowest BCUT2D eigenvalue weighted by Gasteiger charge is -2.20. The summed E-state index contributed by atoms with van der Waals surface area (Å²) in [6, 6.07) is 3.98. The average Bonchev–Trinajstić information content (AvgIpc) is 2.49. The standard InChI is InChI=1S/C17H17ClF2N2O3/c1-17(2,3)25-16(24)22-14-7-10(12(18)8-21-14)15(23)11-6-9(19)4-5-13(11)20/h4-8,15,23H,1-3H3,(H,21,22,24). The predicted molar refractivity (Wildman–Crippen MR) is 89.5 cm³/mol. The zero-order valence-corrected chi connectivity index (χ0v) is 14.6. The Morgan fingerprint density at radius 1 is 1.28 bits per heavy atom. The van der Waals surface area contributed by atoms with E-state index in [0.29, 0.717) is 0 Å². The van der Waals surface area contributed by atoms with Gasteiger partial charge in [0.15, 0.2) is 0 Å². The van der Waals surface area contributed by atoms with Crippen molar-refractivity contribution in [3.8, 4) is 0 Å². The molecule has 5 nitrogen and oxygen atoms in total. The molecule has 25 heavy (non-hydrogen) atoms. The maximum Gasteiger partial charge on any atom is 0.413 e. The van der Waals surface area contributed by atoms with E-state index in [0.717, 1.165) is 18.2 Å². The molecular formula is C17H17ClF2N2O3. The van der Waals surface area contributed by atoms with Crippen molar-refractivity contribution in [3.63, 3.8) is 0 Å². The lowest BCUT2D eigenvalue weighted by atomic mass is 10.0. The summed E-state index contributed by atoms with van der Waals surface area (Å²) in [4.78, 5) is 15.7. The van der Waals surface area contributed by atoms with Gasteiger partial charge in [0, 0.05) is 17.3 Å². The normalized spacial score (nSPS) is 12.6. The number of aromatic nitrogens is 1. The summed E-state index contributed by atoms with van der Waals surface area (Å²) in [7, 11) is 0. The summed E-state index contributed by atoms with van der Waals surface area (Å²) < 4.78 is 32.3. The van der Waals surface area contributed by atoms with Crippen molar-refractivity contribution in [1.29, 1.82) is 0 Å². The van der Waals surface area contributed by atoms with Gasteiger partial charge in [0.2, 0.25) is 0 Å². The van der Waals surface area contributed by atoms with Gasteiger partial charge < -0.3 is 9.84 Å². The number of halogens is 3. The molecule has 2 rings (SSSR count). The van der Waals surface area contributed by atoms with E-state index in [9.17, 15) is 18.7 Å². The molecule has 1 atom stereocenters. The Balaban J connectivity index is 2.29. The minimum atomic E-state index is -1.54. The van der Waals surface area contributed by atoms with Crippen LogP contribution in [0.1, 0.15) is 38.0 Å². The molecule has 2 N–H and O–H groups in total. The van der Waals surface area contributed by atoms with Crippen LogP contribution in [-0.2, 0) is 4.74 Å². The Labute approximate surface area is 148 Å². The monoisotopic (exact) mass is 370 g/mol. The number of benzene rings is 1. The highest BCUT2D eigenvalue weighted by Gasteiger charge is 2.21. The van der Waals surface area contributed by atoms with Crippen LogP contribution in [0.5, 0.6) is 0 Å². The van der Waals surface area contributed by atoms with E-state index in [1.54, 1.807) is 20.8 Å². The van der Waals surface area contributed by atoms with E-state index >= 15 is 0 Å². The van der Waals surface area contributed by atoms with Crippen LogP contribution >= 0.6 is 11.6 Å². The number of ether oxygens (including phenoxy) is 1. The van der Waals surface area contributed by atoms with E-state index in [1.165, 1.54) is 12.3 Å². The van der Waals surface area contributed by atoms with Gasteiger partial charge in [0.05, 0.1) is 5.02 Å². The Kier molecular flexibility index (Phi) is 5.59. The third-order valence-corrected chi connectivity index (χ3v) is 3.38. The summed E-state index contributed by atoms with van der Waals surface area (Å²) >= 11 is 5.99. The zero-order chi connectivity index (χ0) is 18.8. The molecule has 0 radical (unpaired) electrons. The van der Waals surface area contributed by atoms with Crippen LogP contribution in [0.3, 0.4) is 0 Å². The molecule has 1 aromatic carbocycles. The minimum absolute atomic E-state index is 0.0332. The number of carbonyl (C=O) groups excluding carboxylic acids is 1. The molecule has 8 heteroatoms. The van der Waals surface area contributed by atoms with Gasteiger partial charge in [-0.05, 0) is 45.0 Å². The largest absolute Gasteiger partial charge is 0.444 e. The van der Waals surface area contributed by atoms with Crippen LogP contribution in [0.2, 0.25) is 5.02 Å². The lowest BCUT2D eigenvalue weighted by molar-refractivity contribution is 0.0635. The first kappa shape index (κ1) is 19.1. The number of nitrogens with zero attached hydrogens (tertiary/aromatic N) is 1. The van der Waals surface area contributed by atoms with Crippen LogP contribution < -0.4 is 5.32 Å². The number of carbonyl (C=O) groups is 1. The third-order valence-electron chi connectivity index (χ3n) is 3.06. The number of aliphatic hydroxyl groups excluding tert-OH is 1. The molecule has 0 bridgehead atoms. The number of amides is 1. The fourth-order valence-corrected chi connectivity index (χ4v) is 2.24. The Bertz CT molecular complexity index is 794. The smallest absolute Gasteiger partial charge is 0.413 e. The number of hydrogen-bond donors (Lipinski definition) is 2. The first-order chi connectivity index (χ1) is 11.6. The minimum Gasteiger partial charge on any atom is -0.444 e. The maximum atomic E-state index is 13.9. The van der Waals surface area contributed by atoms with Crippen molar-refractivity contribution in [2.24, 2.45) is 0 Å². The number of rotatable bonds is 3. The molecular weight excluding hydrogens is 354 g/mol. The summed E-state index contributed by atoms with van der Waals surface area (Å²) in [5.74, 6) is -1.44. The highest BCUT2D eigenvalue weighted by Crippen LogP contribution is 2.31. The molecule has 0 aliphatic rings. The molecule has 1 aromatic heterocycles. The van der Waals surface area contributed by atoms with E-state index in [1.807, 2.05) is 0 Å². The van der Waals surface area contributed by atoms with Gasteiger partial charge in [0.1, 0.15) is 29.2 Å². The van der Waals surface area contributed by atoms with Crippen molar-refractivity contribution >= 4 is 23.5 Å². The maximum absolute atomic E-state index is 13.9. The number of hydrogen-bond acceptors (Lipinski definition) is 4. The van der Waals surface area contributed by atoms with E-state index in [2.05, 4.69) is 10.3 Å². The summed E-state index contributed by atoms with van der Waals surface area (Å²) in [6.45, 7) is 5.09. The second kappa shape index (κ2) is 7.33. The fraction of sp³-hybridized carbons (Fsp3) is 0.294. The van der Waals surface area contributed by atoms with Gasteiger partial charge in [-0.25, -0.2) is 18.6 Å². The molecule has 134 valence electrons. The van der Waals surface area contributed by atoms with E-state index in [-0.39, 0.29) is 22.0 Å². The van der Waals surface area contributed by atoms with Gasteiger partial charge >= 0.3 is 6.09 Å². The van der Waals surface area contributed by atoms with Gasteiger partial charge in [-0.3, -0.25) is 5.32 Å². The topological polar surface area (TPSA) is 71.5 Å². The van der Waals surface area contributed by atoms with Gasteiger partial charge in [-0.1, -0.05) is 11.6 Å². The predicted octanol–water partition coefficient (Wildman–Crippen LogP) is 4.44. The molecule has 0 saturated carbocycles. The van der Waals surface area contributed by atoms with Crippen LogP contribution in [-0.4, -0.2) is 21.8 Å². The van der Waals surface area contributed by atoms with Crippen LogP contribution in [0.25, 0.3) is 0 Å². The SMILES string of the molecule is CC(C)(C)OC(=O)Nc1cc(C(O)c2cc(F)ccc2F)c(Cl)cn1. The molecule has 2 aromatic rings. The first-order valence-electron chi connectivity index (χ1n) is 7.35. The highest BCUT2D eigenvalue weighted by molar-refractivity contribution is 6.31. The van der Waals surface area contributed by atoms with Gasteiger partial charge in [-0.15, -0.1) is 0 Å². The molecule has 1 heterocycles.